The maximum absolute atomic E-state index is 12.7. The van der Waals surface area contributed by atoms with Crippen LogP contribution in [0.25, 0.3) is 10.8 Å². The highest BCUT2D eigenvalue weighted by atomic mass is 79.9. The number of hydrogen-bond acceptors (Lipinski definition) is 5. The van der Waals surface area contributed by atoms with Crippen molar-refractivity contribution in [2.24, 2.45) is 0 Å². The highest BCUT2D eigenvalue weighted by Crippen LogP contribution is 2.38. The zero-order chi connectivity index (χ0) is 22.4. The van der Waals surface area contributed by atoms with E-state index in [0.29, 0.717) is 20.2 Å². The highest BCUT2D eigenvalue weighted by molar-refractivity contribution is 9.11. The molecule has 0 saturated carbocycles. The Balaban J connectivity index is 1.86. The number of ether oxygens (including phenoxy) is 1. The van der Waals surface area contributed by atoms with Gasteiger partial charge in [0.25, 0.3) is 5.91 Å². The molecule has 7 nitrogen and oxygen atoms in total. The Bertz CT molecular complexity index is 1140. The van der Waals surface area contributed by atoms with E-state index in [4.69, 9.17) is 9.94 Å². The molecule has 160 valence electrons. The quantitative estimate of drug-likeness (QED) is 0.176. The fourth-order valence-corrected chi connectivity index (χ4v) is 4.27. The van der Waals surface area contributed by atoms with E-state index in [1.807, 2.05) is 36.4 Å². The number of hydrogen-bond donors (Lipinski definition) is 4. The Morgan fingerprint density at radius 1 is 1.10 bits per heavy atom. The molecule has 0 bridgehead atoms. The van der Waals surface area contributed by atoms with Crippen LogP contribution >= 0.6 is 31.9 Å². The molecule has 9 heteroatoms. The largest absolute Gasteiger partial charge is 0.506 e. The van der Waals surface area contributed by atoms with Gasteiger partial charge >= 0.3 is 6.09 Å². The molecule has 2 amide bonds. The average molecular weight is 550 g/mol. The van der Waals surface area contributed by atoms with E-state index in [1.54, 1.807) is 18.2 Å². The highest BCUT2D eigenvalue weighted by Gasteiger charge is 2.22. The third-order valence-electron chi connectivity index (χ3n) is 4.41. The fourth-order valence-electron chi connectivity index (χ4n) is 3.01. The second-order valence-corrected chi connectivity index (χ2v) is 8.26. The Hall–Kier alpha value is -2.88. The van der Waals surface area contributed by atoms with Crippen molar-refractivity contribution in [1.29, 1.82) is 0 Å². The van der Waals surface area contributed by atoms with E-state index in [-0.39, 0.29) is 12.2 Å². The van der Waals surface area contributed by atoms with Crippen LogP contribution in [0.5, 0.6) is 5.75 Å². The molecule has 0 aromatic heterocycles. The Labute approximate surface area is 194 Å². The van der Waals surface area contributed by atoms with Gasteiger partial charge in [-0.15, -0.1) is 0 Å². The van der Waals surface area contributed by atoms with Crippen LogP contribution in [0, 0.1) is 0 Å². The summed E-state index contributed by atoms with van der Waals surface area (Å²) in [5.74, 6) is -0.815. The summed E-state index contributed by atoms with van der Waals surface area (Å²) in [5, 5.41) is 23.6. The molecule has 0 aliphatic rings. The summed E-state index contributed by atoms with van der Waals surface area (Å²) in [6.45, 7) is 0. The standard InChI is InChI=1S/C22H18Br2N2O5/c23-14-11-16(21(28)17(24)12-14)19(9-4-10-20(27)26-30)31-22(29)25-18-8-3-6-13-5-1-2-7-15(13)18/h1-8,10-12,19,28,30H,9H2,(H,25,29)(H,26,27)/b10-4+/t19-/m0/s1. The Kier molecular flexibility index (Phi) is 7.67. The molecule has 0 fully saturated rings. The number of halogens is 2. The van der Waals surface area contributed by atoms with Crippen molar-refractivity contribution in [3.8, 4) is 5.75 Å². The van der Waals surface area contributed by atoms with Crippen molar-refractivity contribution in [1.82, 2.24) is 5.48 Å². The van der Waals surface area contributed by atoms with E-state index in [9.17, 15) is 14.7 Å². The molecule has 0 aliphatic carbocycles. The van der Waals surface area contributed by atoms with Gasteiger partial charge < -0.3 is 9.84 Å². The zero-order valence-electron chi connectivity index (χ0n) is 16.0. The number of nitrogens with one attached hydrogen (secondary N) is 2. The van der Waals surface area contributed by atoms with Gasteiger partial charge in [-0.2, -0.15) is 0 Å². The lowest BCUT2D eigenvalue weighted by atomic mass is 10.0. The summed E-state index contributed by atoms with van der Waals surface area (Å²) in [5.41, 5.74) is 2.41. The van der Waals surface area contributed by atoms with Gasteiger partial charge in [-0.05, 0) is 39.5 Å². The van der Waals surface area contributed by atoms with Crippen molar-refractivity contribution < 1.29 is 24.6 Å². The first-order valence-electron chi connectivity index (χ1n) is 9.13. The number of phenolic OH excluding ortho intramolecular Hbond substituents is 1. The van der Waals surface area contributed by atoms with Gasteiger partial charge in [0.2, 0.25) is 0 Å². The van der Waals surface area contributed by atoms with Crippen LogP contribution < -0.4 is 10.8 Å². The van der Waals surface area contributed by atoms with E-state index < -0.39 is 18.1 Å². The van der Waals surface area contributed by atoms with Crippen LogP contribution in [-0.4, -0.2) is 22.3 Å². The number of aromatic hydroxyl groups is 1. The van der Waals surface area contributed by atoms with E-state index in [0.717, 1.165) is 16.8 Å². The number of hydroxylamine groups is 1. The fraction of sp³-hybridized carbons (Fsp3) is 0.0909. The normalized spacial score (nSPS) is 12.0. The van der Waals surface area contributed by atoms with Crippen LogP contribution in [0.15, 0.2) is 75.7 Å². The maximum Gasteiger partial charge on any atom is 0.412 e. The van der Waals surface area contributed by atoms with Gasteiger partial charge in [0.1, 0.15) is 11.9 Å². The van der Waals surface area contributed by atoms with Crippen LogP contribution in [0.4, 0.5) is 10.5 Å². The van der Waals surface area contributed by atoms with Crippen LogP contribution in [-0.2, 0) is 9.53 Å². The molecular weight excluding hydrogens is 532 g/mol. The molecule has 0 heterocycles. The van der Waals surface area contributed by atoms with Gasteiger partial charge in [-0.3, -0.25) is 15.3 Å². The maximum atomic E-state index is 12.7. The predicted molar refractivity (Wildman–Crippen MR) is 124 cm³/mol. The van der Waals surface area contributed by atoms with Gasteiger partial charge in [0.05, 0.1) is 10.2 Å². The van der Waals surface area contributed by atoms with E-state index in [1.165, 1.54) is 11.6 Å². The summed E-state index contributed by atoms with van der Waals surface area (Å²) in [6, 6.07) is 16.4. The van der Waals surface area contributed by atoms with Crippen LogP contribution in [0.3, 0.4) is 0 Å². The first kappa shape index (κ1) is 22.8. The summed E-state index contributed by atoms with van der Waals surface area (Å²) < 4.78 is 6.67. The number of carbonyl (C=O) groups excluding carboxylic acids is 2. The monoisotopic (exact) mass is 548 g/mol. The smallest absolute Gasteiger partial charge is 0.412 e. The van der Waals surface area contributed by atoms with E-state index in [2.05, 4.69) is 37.2 Å². The van der Waals surface area contributed by atoms with Crippen molar-refractivity contribution >= 4 is 60.3 Å². The molecule has 1 atom stereocenters. The topological polar surface area (TPSA) is 108 Å². The second-order valence-electron chi connectivity index (χ2n) is 6.49. The lowest BCUT2D eigenvalue weighted by Gasteiger charge is -2.20. The first-order valence-corrected chi connectivity index (χ1v) is 10.7. The molecule has 0 saturated heterocycles. The van der Waals surface area contributed by atoms with Gasteiger partial charge in [0, 0.05) is 27.9 Å². The van der Waals surface area contributed by atoms with Crippen molar-refractivity contribution in [2.45, 2.75) is 12.5 Å². The van der Waals surface area contributed by atoms with Gasteiger partial charge in [-0.25, -0.2) is 10.3 Å². The molecule has 0 spiro atoms. The van der Waals surface area contributed by atoms with Crippen molar-refractivity contribution in [3.63, 3.8) is 0 Å². The number of rotatable bonds is 6. The molecule has 0 radical (unpaired) electrons. The zero-order valence-corrected chi connectivity index (χ0v) is 19.2. The summed E-state index contributed by atoms with van der Waals surface area (Å²) in [7, 11) is 0. The Morgan fingerprint density at radius 3 is 2.61 bits per heavy atom. The average Bonchev–Trinajstić information content (AvgIpc) is 2.75. The molecule has 3 aromatic carbocycles. The lowest BCUT2D eigenvalue weighted by Crippen LogP contribution is -2.18. The number of amides is 2. The van der Waals surface area contributed by atoms with Gasteiger partial charge in [0.15, 0.2) is 0 Å². The SMILES string of the molecule is O=C(/C=C/C[C@H](OC(=O)Nc1cccc2ccccc12)c1cc(Br)cc(Br)c1O)NO. The summed E-state index contributed by atoms with van der Waals surface area (Å²) >= 11 is 6.62. The number of fused-ring (bicyclic) bond motifs is 1. The summed E-state index contributed by atoms with van der Waals surface area (Å²) in [6.07, 6.45) is 0.967. The second kappa shape index (κ2) is 10.4. The molecular formula is C22H18Br2N2O5. The lowest BCUT2D eigenvalue weighted by molar-refractivity contribution is -0.124. The third kappa shape index (κ3) is 5.84. The predicted octanol–water partition coefficient (Wildman–Crippen LogP) is 5.81. The first-order chi connectivity index (χ1) is 14.9. The molecule has 3 aromatic rings. The molecule has 4 N–H and O–H groups in total. The van der Waals surface area contributed by atoms with Crippen molar-refractivity contribution in [3.05, 3.63) is 81.3 Å². The van der Waals surface area contributed by atoms with Crippen LogP contribution in [0.2, 0.25) is 0 Å². The molecule has 0 unspecified atom stereocenters. The van der Waals surface area contributed by atoms with Gasteiger partial charge in [-0.1, -0.05) is 58.4 Å². The number of phenols is 1. The Morgan fingerprint density at radius 2 is 1.84 bits per heavy atom. The minimum absolute atomic E-state index is 0.0762. The summed E-state index contributed by atoms with van der Waals surface area (Å²) in [4.78, 5) is 24.0. The molecule has 0 aliphatic heterocycles. The van der Waals surface area contributed by atoms with Crippen molar-refractivity contribution in [2.75, 3.05) is 5.32 Å². The minimum atomic E-state index is -0.911. The number of benzene rings is 3. The minimum Gasteiger partial charge on any atom is -0.506 e. The molecule has 31 heavy (non-hydrogen) atoms. The number of carbonyl (C=O) groups is 2. The van der Waals surface area contributed by atoms with E-state index >= 15 is 0 Å². The molecule has 3 rings (SSSR count). The van der Waals surface area contributed by atoms with Crippen LogP contribution in [0.1, 0.15) is 18.1 Å². The third-order valence-corrected chi connectivity index (χ3v) is 5.47. The number of anilines is 1.